The summed E-state index contributed by atoms with van der Waals surface area (Å²) in [5, 5.41) is 12.9. The van der Waals surface area contributed by atoms with Crippen molar-refractivity contribution in [2.75, 3.05) is 0 Å². The highest BCUT2D eigenvalue weighted by atomic mass is 32.2. The van der Waals surface area contributed by atoms with E-state index in [-0.39, 0.29) is 28.9 Å². The average Bonchev–Trinajstić information content (AvgIpc) is 3.26. The number of rotatable bonds is 6. The second-order valence-electron chi connectivity index (χ2n) is 7.70. The molecule has 0 amide bonds. The first-order chi connectivity index (χ1) is 14.1. The van der Waals surface area contributed by atoms with Crippen LogP contribution in [0, 0.1) is 18.3 Å². The number of nitriles is 1. The van der Waals surface area contributed by atoms with Crippen molar-refractivity contribution in [3.05, 3.63) is 56.6 Å². The average molecular weight is 429 g/mol. The highest BCUT2D eigenvalue weighted by molar-refractivity contribution is 7.89. The predicted octanol–water partition coefficient (Wildman–Crippen LogP) is 0.862. The van der Waals surface area contributed by atoms with E-state index in [0.29, 0.717) is 11.5 Å². The monoisotopic (exact) mass is 429 g/mol. The zero-order valence-electron chi connectivity index (χ0n) is 16.4. The van der Waals surface area contributed by atoms with Gasteiger partial charge in [0.05, 0.1) is 34.1 Å². The van der Waals surface area contributed by atoms with Gasteiger partial charge in [-0.1, -0.05) is 5.16 Å². The van der Waals surface area contributed by atoms with Gasteiger partial charge >= 0.3 is 5.69 Å². The lowest BCUT2D eigenvalue weighted by Crippen LogP contribution is -2.40. The molecule has 0 unspecified atom stereocenters. The maximum Gasteiger partial charge on any atom is 0.332 e. The number of fused-ring (bicyclic) bond motifs is 1. The van der Waals surface area contributed by atoms with Crippen LogP contribution in [0.4, 0.5) is 0 Å². The van der Waals surface area contributed by atoms with Crippen molar-refractivity contribution in [1.82, 2.24) is 19.0 Å². The van der Waals surface area contributed by atoms with Gasteiger partial charge in [-0.15, -0.1) is 0 Å². The Kier molecular flexibility index (Phi) is 4.63. The lowest BCUT2D eigenvalue weighted by Gasteiger charge is -2.14. The first-order valence-electron chi connectivity index (χ1n) is 9.24. The van der Waals surface area contributed by atoms with Crippen LogP contribution in [0.15, 0.2) is 43.3 Å². The van der Waals surface area contributed by atoms with E-state index in [2.05, 4.69) is 9.88 Å². The van der Waals surface area contributed by atoms with Gasteiger partial charge in [0, 0.05) is 11.6 Å². The van der Waals surface area contributed by atoms with Gasteiger partial charge in [0.1, 0.15) is 6.54 Å². The molecule has 1 aliphatic rings. The number of aromatic nitrogens is 3. The van der Waals surface area contributed by atoms with Crippen LogP contribution in [-0.4, -0.2) is 28.2 Å². The third-order valence-corrected chi connectivity index (χ3v) is 6.74. The summed E-state index contributed by atoms with van der Waals surface area (Å²) >= 11 is 0. The predicted molar refractivity (Wildman–Crippen MR) is 106 cm³/mol. The molecule has 1 aromatic carbocycles. The van der Waals surface area contributed by atoms with Crippen LogP contribution in [0.25, 0.3) is 10.9 Å². The molecule has 1 saturated carbocycles. The van der Waals surface area contributed by atoms with Crippen molar-refractivity contribution in [1.29, 1.82) is 5.26 Å². The smallest absolute Gasteiger partial charge is 0.332 e. The van der Waals surface area contributed by atoms with Crippen LogP contribution in [0.1, 0.15) is 31.2 Å². The van der Waals surface area contributed by atoms with Crippen LogP contribution < -0.4 is 16.0 Å². The fourth-order valence-corrected chi connectivity index (χ4v) is 4.74. The van der Waals surface area contributed by atoms with E-state index in [1.54, 1.807) is 13.0 Å². The second-order valence-corrected chi connectivity index (χ2v) is 9.38. The third-order valence-electron chi connectivity index (χ3n) is 5.11. The molecule has 11 heteroatoms. The minimum Gasteiger partial charge on any atom is -0.359 e. The molecule has 0 saturated heterocycles. The summed E-state index contributed by atoms with van der Waals surface area (Å²) in [7, 11) is -3.85. The maximum atomic E-state index is 13.1. The Balaban J connectivity index is 1.91. The molecule has 156 valence electrons. The van der Waals surface area contributed by atoms with Gasteiger partial charge in [0.15, 0.2) is 5.76 Å². The van der Waals surface area contributed by atoms with E-state index >= 15 is 0 Å². The summed E-state index contributed by atoms with van der Waals surface area (Å²) in [6, 6.07) is 7.43. The summed E-state index contributed by atoms with van der Waals surface area (Å²) in [4.78, 5) is 25.9. The summed E-state index contributed by atoms with van der Waals surface area (Å²) in [5.41, 5.74) is -1.06. The van der Waals surface area contributed by atoms with E-state index in [1.165, 1.54) is 18.2 Å². The molecule has 1 N–H and O–H groups in total. The molecule has 0 spiro atoms. The summed E-state index contributed by atoms with van der Waals surface area (Å²) in [6.45, 7) is 3.03. The molecule has 3 aromatic rings. The van der Waals surface area contributed by atoms with Crippen LogP contribution in [0.3, 0.4) is 0 Å². The molecule has 1 fully saturated rings. The molecule has 0 aliphatic heterocycles. The quantitative estimate of drug-likeness (QED) is 0.613. The topological polar surface area (TPSA) is 140 Å². The molecule has 2 aromatic heterocycles. The highest BCUT2D eigenvalue weighted by Crippen LogP contribution is 2.36. The molecular formula is C19H19N5O5S. The number of hydrogen-bond acceptors (Lipinski definition) is 7. The molecule has 30 heavy (non-hydrogen) atoms. The van der Waals surface area contributed by atoms with Crippen molar-refractivity contribution in [3.8, 4) is 6.07 Å². The van der Waals surface area contributed by atoms with Crippen molar-refractivity contribution in [3.63, 3.8) is 0 Å². The number of hydrogen-bond donors (Lipinski definition) is 1. The van der Waals surface area contributed by atoms with Crippen molar-refractivity contribution in [2.24, 2.45) is 0 Å². The van der Waals surface area contributed by atoms with Crippen LogP contribution in [0.5, 0.6) is 0 Å². The van der Waals surface area contributed by atoms with Gasteiger partial charge in [0.2, 0.25) is 10.0 Å². The van der Waals surface area contributed by atoms with Gasteiger partial charge in [-0.2, -0.15) is 5.26 Å². The fourth-order valence-electron chi connectivity index (χ4n) is 3.25. The maximum absolute atomic E-state index is 13.1. The van der Waals surface area contributed by atoms with Crippen LogP contribution in [0.2, 0.25) is 0 Å². The van der Waals surface area contributed by atoms with Crippen LogP contribution in [-0.2, 0) is 23.1 Å². The largest absolute Gasteiger partial charge is 0.359 e. The first-order valence-corrected chi connectivity index (χ1v) is 10.7. The minimum absolute atomic E-state index is 0.0184. The van der Waals surface area contributed by atoms with E-state index in [1.807, 2.05) is 13.0 Å². The standard InChI is InChI=1S/C19H19N5O5S/c1-12-9-13(29-21-12)11-24-17(25)15-10-14(30(27,28)22-19(2)5-6-19)3-4-16(15)23(8-7-20)18(24)26/h3-4,9-10,22H,5-6,8,11H2,1-2H3. The van der Waals surface area contributed by atoms with E-state index in [9.17, 15) is 18.0 Å². The Hall–Kier alpha value is -3.23. The Morgan fingerprint density at radius 2 is 2.00 bits per heavy atom. The van der Waals surface area contributed by atoms with Crippen LogP contribution >= 0.6 is 0 Å². The third kappa shape index (κ3) is 3.55. The first kappa shape index (κ1) is 20.1. The van der Waals surface area contributed by atoms with Gasteiger partial charge in [0.25, 0.3) is 5.56 Å². The summed E-state index contributed by atoms with van der Waals surface area (Å²) < 4.78 is 35.2. The molecule has 2 heterocycles. The molecule has 4 rings (SSSR count). The molecular weight excluding hydrogens is 410 g/mol. The van der Waals surface area contributed by atoms with E-state index in [0.717, 1.165) is 22.0 Å². The fraction of sp³-hybridized carbons (Fsp3) is 0.368. The number of nitrogens with one attached hydrogen (secondary N) is 1. The van der Waals surface area contributed by atoms with Gasteiger partial charge in [-0.05, 0) is 44.9 Å². The normalized spacial score (nSPS) is 15.2. The van der Waals surface area contributed by atoms with Gasteiger partial charge in [-0.3, -0.25) is 13.9 Å². The number of sulfonamides is 1. The Labute approximate surface area is 171 Å². The Bertz CT molecular complexity index is 1420. The molecule has 1 aliphatic carbocycles. The number of aryl methyl sites for hydroxylation is 1. The lowest BCUT2D eigenvalue weighted by molar-refractivity contribution is 0.369. The SMILES string of the molecule is Cc1cc(Cn2c(=O)c3cc(S(=O)(=O)NC4(C)CC4)ccc3n(CC#N)c2=O)on1. The zero-order valence-corrected chi connectivity index (χ0v) is 17.2. The number of nitrogens with zero attached hydrogens (tertiary/aromatic N) is 4. The minimum atomic E-state index is -3.85. The van der Waals surface area contributed by atoms with E-state index in [4.69, 9.17) is 9.78 Å². The molecule has 0 atom stereocenters. The molecule has 0 bridgehead atoms. The lowest BCUT2D eigenvalue weighted by atomic mass is 10.2. The van der Waals surface area contributed by atoms with Crippen molar-refractivity contribution < 1.29 is 12.9 Å². The van der Waals surface area contributed by atoms with Crippen molar-refractivity contribution in [2.45, 2.75) is 50.2 Å². The van der Waals surface area contributed by atoms with Gasteiger partial charge < -0.3 is 4.52 Å². The highest BCUT2D eigenvalue weighted by Gasteiger charge is 2.41. The Morgan fingerprint density at radius 1 is 1.27 bits per heavy atom. The second kappa shape index (κ2) is 6.93. The molecule has 0 radical (unpaired) electrons. The molecule has 10 nitrogen and oxygen atoms in total. The summed E-state index contributed by atoms with van der Waals surface area (Å²) in [6.07, 6.45) is 1.48. The number of benzene rings is 1. The summed E-state index contributed by atoms with van der Waals surface area (Å²) in [5.74, 6) is 0.293. The Morgan fingerprint density at radius 3 is 2.60 bits per heavy atom. The van der Waals surface area contributed by atoms with Gasteiger partial charge in [-0.25, -0.2) is 17.9 Å². The van der Waals surface area contributed by atoms with E-state index < -0.39 is 26.8 Å². The van der Waals surface area contributed by atoms with Crippen molar-refractivity contribution >= 4 is 20.9 Å². The zero-order chi connectivity index (χ0) is 21.7.